The van der Waals surface area contributed by atoms with Crippen LogP contribution in [0.5, 0.6) is 0 Å². The number of amides is 1. The Morgan fingerprint density at radius 1 is 1.22 bits per heavy atom. The molecule has 8 heteroatoms. The molecule has 0 bridgehead atoms. The van der Waals surface area contributed by atoms with E-state index in [9.17, 15) is 4.79 Å². The van der Waals surface area contributed by atoms with Crippen LogP contribution in [-0.2, 0) is 23.3 Å². The van der Waals surface area contributed by atoms with Crippen LogP contribution < -0.4 is 16.0 Å². The van der Waals surface area contributed by atoms with Gasteiger partial charge < -0.3 is 20.4 Å². The third kappa shape index (κ3) is 7.58. The number of aliphatic imine (C=N–C) groups is 1. The molecule has 1 heterocycles. The largest absolute Gasteiger partial charge is 0.443 e. The molecule has 0 saturated heterocycles. The zero-order valence-corrected chi connectivity index (χ0v) is 18.8. The average Bonchev–Trinajstić information content (AvgIpc) is 3.04. The number of anilines is 1. The van der Waals surface area contributed by atoms with E-state index in [1.807, 2.05) is 24.3 Å². The molecule has 1 aromatic heterocycles. The lowest BCUT2D eigenvalue weighted by atomic mass is 9.94. The molecule has 0 radical (unpaired) electrons. The van der Waals surface area contributed by atoms with Gasteiger partial charge in [-0.15, -0.1) is 24.0 Å². The lowest BCUT2D eigenvalue weighted by Gasteiger charge is -2.13. The SMILES string of the molecule is CN=C(NCc1cccc(NC(C)=O)c1)NCc1ncc(C(C)(C)C)o1.I. The first-order valence-electron chi connectivity index (χ1n) is 8.54. The molecular formula is C19H28IN5O2. The fourth-order valence-corrected chi connectivity index (χ4v) is 2.27. The molecule has 3 N–H and O–H groups in total. The van der Waals surface area contributed by atoms with E-state index in [0.717, 1.165) is 17.0 Å². The molecule has 0 aliphatic carbocycles. The van der Waals surface area contributed by atoms with Crippen LogP contribution in [-0.4, -0.2) is 23.9 Å². The maximum Gasteiger partial charge on any atom is 0.221 e. The van der Waals surface area contributed by atoms with E-state index < -0.39 is 0 Å². The van der Waals surface area contributed by atoms with Crippen molar-refractivity contribution in [1.29, 1.82) is 0 Å². The van der Waals surface area contributed by atoms with Gasteiger partial charge in [0, 0.05) is 31.6 Å². The number of aromatic nitrogens is 1. The molecule has 1 aromatic carbocycles. The highest BCUT2D eigenvalue weighted by molar-refractivity contribution is 14.0. The van der Waals surface area contributed by atoms with Crippen molar-refractivity contribution in [2.45, 2.75) is 46.2 Å². The van der Waals surface area contributed by atoms with Gasteiger partial charge in [0.25, 0.3) is 0 Å². The summed E-state index contributed by atoms with van der Waals surface area (Å²) in [6.07, 6.45) is 1.76. The van der Waals surface area contributed by atoms with Gasteiger partial charge in [0.1, 0.15) is 5.76 Å². The number of carbonyl (C=O) groups excluding carboxylic acids is 1. The number of carbonyl (C=O) groups is 1. The predicted octanol–water partition coefficient (Wildman–Crippen LogP) is 3.41. The number of benzene rings is 1. The minimum absolute atomic E-state index is 0. The first-order chi connectivity index (χ1) is 12.3. The highest BCUT2D eigenvalue weighted by Gasteiger charge is 2.19. The number of nitrogens with one attached hydrogen (secondary N) is 3. The molecule has 148 valence electrons. The summed E-state index contributed by atoms with van der Waals surface area (Å²) in [5.41, 5.74) is 1.74. The van der Waals surface area contributed by atoms with Crippen LogP contribution in [0.25, 0.3) is 0 Å². The number of guanidine groups is 1. The summed E-state index contributed by atoms with van der Waals surface area (Å²) in [6.45, 7) is 8.76. The summed E-state index contributed by atoms with van der Waals surface area (Å²) in [4.78, 5) is 19.6. The van der Waals surface area contributed by atoms with Crippen molar-refractivity contribution in [2.75, 3.05) is 12.4 Å². The highest BCUT2D eigenvalue weighted by atomic mass is 127. The smallest absolute Gasteiger partial charge is 0.221 e. The van der Waals surface area contributed by atoms with Crippen molar-refractivity contribution in [3.8, 4) is 0 Å². The quantitative estimate of drug-likeness (QED) is 0.343. The molecule has 0 spiro atoms. The fraction of sp³-hybridized carbons (Fsp3) is 0.421. The van der Waals surface area contributed by atoms with Crippen molar-refractivity contribution in [3.63, 3.8) is 0 Å². The Labute approximate surface area is 177 Å². The van der Waals surface area contributed by atoms with Crippen LogP contribution in [0, 0.1) is 0 Å². The minimum atomic E-state index is -0.0897. The zero-order valence-electron chi connectivity index (χ0n) is 16.4. The van der Waals surface area contributed by atoms with Gasteiger partial charge in [-0.05, 0) is 17.7 Å². The second kappa shape index (κ2) is 10.3. The second-order valence-electron chi connectivity index (χ2n) is 7.03. The number of rotatable bonds is 5. The van der Waals surface area contributed by atoms with E-state index in [1.165, 1.54) is 6.92 Å². The van der Waals surface area contributed by atoms with Gasteiger partial charge in [-0.25, -0.2) is 4.98 Å². The van der Waals surface area contributed by atoms with Crippen LogP contribution in [0.15, 0.2) is 39.9 Å². The Kier molecular flexibility index (Phi) is 8.74. The molecule has 0 unspecified atom stereocenters. The number of oxazole rings is 1. The van der Waals surface area contributed by atoms with Gasteiger partial charge in [-0.2, -0.15) is 0 Å². The summed E-state index contributed by atoms with van der Waals surface area (Å²) < 4.78 is 5.76. The summed E-state index contributed by atoms with van der Waals surface area (Å²) >= 11 is 0. The summed E-state index contributed by atoms with van der Waals surface area (Å²) in [6, 6.07) is 7.66. The lowest BCUT2D eigenvalue weighted by molar-refractivity contribution is -0.114. The number of halogens is 1. The Bertz CT molecular complexity index is 780. The molecule has 1 amide bonds. The zero-order chi connectivity index (χ0) is 19.2. The van der Waals surface area contributed by atoms with E-state index in [-0.39, 0.29) is 35.3 Å². The first kappa shape index (κ1) is 22.9. The molecule has 0 aliphatic rings. The fourth-order valence-electron chi connectivity index (χ4n) is 2.27. The monoisotopic (exact) mass is 485 g/mol. The molecule has 0 aliphatic heterocycles. The molecule has 27 heavy (non-hydrogen) atoms. The maximum absolute atomic E-state index is 11.1. The van der Waals surface area contributed by atoms with Crippen molar-refractivity contribution in [1.82, 2.24) is 15.6 Å². The van der Waals surface area contributed by atoms with Crippen molar-refractivity contribution in [2.24, 2.45) is 4.99 Å². The molecular weight excluding hydrogens is 457 g/mol. The number of hydrogen-bond acceptors (Lipinski definition) is 4. The highest BCUT2D eigenvalue weighted by Crippen LogP contribution is 2.22. The molecule has 0 fully saturated rings. The maximum atomic E-state index is 11.1. The molecule has 0 atom stereocenters. The van der Waals surface area contributed by atoms with Gasteiger partial charge in [-0.3, -0.25) is 9.79 Å². The van der Waals surface area contributed by atoms with Crippen LogP contribution in [0.1, 0.15) is 44.9 Å². The van der Waals surface area contributed by atoms with Gasteiger partial charge in [-0.1, -0.05) is 32.9 Å². The third-order valence-corrected chi connectivity index (χ3v) is 3.63. The summed E-state index contributed by atoms with van der Waals surface area (Å²) in [5, 5.41) is 9.19. The lowest BCUT2D eigenvalue weighted by Crippen LogP contribution is -2.36. The topological polar surface area (TPSA) is 91.5 Å². The van der Waals surface area contributed by atoms with Crippen molar-refractivity contribution in [3.05, 3.63) is 47.7 Å². The van der Waals surface area contributed by atoms with E-state index in [0.29, 0.717) is 24.9 Å². The Balaban J connectivity index is 0.00000364. The summed E-state index contributed by atoms with van der Waals surface area (Å²) in [5.74, 6) is 2.02. The second-order valence-corrected chi connectivity index (χ2v) is 7.03. The van der Waals surface area contributed by atoms with Crippen molar-refractivity contribution >= 4 is 41.5 Å². The van der Waals surface area contributed by atoms with Crippen LogP contribution in [0.3, 0.4) is 0 Å². The van der Waals surface area contributed by atoms with Gasteiger partial charge in [0.15, 0.2) is 5.96 Å². The van der Waals surface area contributed by atoms with Crippen LogP contribution in [0.4, 0.5) is 5.69 Å². The predicted molar refractivity (Wildman–Crippen MR) is 118 cm³/mol. The van der Waals surface area contributed by atoms with Crippen molar-refractivity contribution < 1.29 is 9.21 Å². The average molecular weight is 485 g/mol. The van der Waals surface area contributed by atoms with Crippen LogP contribution >= 0.6 is 24.0 Å². The van der Waals surface area contributed by atoms with Gasteiger partial charge in [0.2, 0.25) is 11.8 Å². The Hall–Kier alpha value is -2.10. The minimum Gasteiger partial charge on any atom is -0.443 e. The molecule has 0 saturated carbocycles. The van der Waals surface area contributed by atoms with Gasteiger partial charge >= 0.3 is 0 Å². The first-order valence-corrected chi connectivity index (χ1v) is 8.54. The number of hydrogen-bond donors (Lipinski definition) is 3. The standard InChI is InChI=1S/C19H27N5O2.HI/c1-13(25)24-15-8-6-7-14(9-15)10-22-18(20-5)23-12-17-21-11-16(26-17)19(2,3)4;/h6-9,11H,10,12H2,1-5H3,(H,24,25)(H2,20,22,23);1H. The van der Waals surface area contributed by atoms with E-state index in [4.69, 9.17) is 4.42 Å². The van der Waals surface area contributed by atoms with E-state index >= 15 is 0 Å². The van der Waals surface area contributed by atoms with Gasteiger partial charge in [0.05, 0.1) is 12.7 Å². The summed E-state index contributed by atoms with van der Waals surface area (Å²) in [7, 11) is 1.71. The Morgan fingerprint density at radius 3 is 2.52 bits per heavy atom. The third-order valence-electron chi connectivity index (χ3n) is 3.63. The number of nitrogens with zero attached hydrogens (tertiary/aromatic N) is 2. The van der Waals surface area contributed by atoms with Crippen LogP contribution in [0.2, 0.25) is 0 Å². The van der Waals surface area contributed by atoms with E-state index in [2.05, 4.69) is 46.7 Å². The molecule has 7 nitrogen and oxygen atoms in total. The Morgan fingerprint density at radius 2 is 1.93 bits per heavy atom. The molecule has 2 rings (SSSR count). The molecule has 2 aromatic rings. The van der Waals surface area contributed by atoms with E-state index in [1.54, 1.807) is 13.2 Å². The normalized spacial score (nSPS) is 11.5.